The maximum Gasteiger partial charge on any atom is 0.269 e. The molecule has 3 aromatic rings. The van der Waals surface area contributed by atoms with E-state index >= 15 is 0 Å². The first kappa shape index (κ1) is 22.3. The number of hydrogen-bond acceptors (Lipinski definition) is 4. The van der Waals surface area contributed by atoms with Gasteiger partial charge >= 0.3 is 0 Å². The number of aryl methyl sites for hydroxylation is 1. The van der Waals surface area contributed by atoms with Crippen molar-refractivity contribution >= 4 is 39.1 Å². The third-order valence-electron chi connectivity index (χ3n) is 4.30. The van der Waals surface area contributed by atoms with Crippen LogP contribution >= 0.6 is 11.6 Å². The lowest BCUT2D eigenvalue weighted by molar-refractivity contribution is -0.121. The van der Waals surface area contributed by atoms with Gasteiger partial charge in [0, 0.05) is 22.7 Å². The molecule has 0 heterocycles. The Kier molecular flexibility index (Phi) is 7.28. The van der Waals surface area contributed by atoms with Gasteiger partial charge < -0.3 is 0 Å². The molecule has 0 fully saturated rings. The summed E-state index contributed by atoms with van der Waals surface area (Å²) in [5.74, 6) is -0.984. The standard InChI is InChI=1S/C22H20ClN3O4S/c23-18-10-12-19(13-11-18)26-31(29,30)20-8-4-7-17(15-20)22(28)25-24-21(27)14-9-16-5-2-1-3-6-16/h1-8,10-13,15,26H,9,14H2,(H,24,27)(H,25,28). The molecule has 0 atom stereocenters. The molecule has 0 saturated carbocycles. The molecule has 0 radical (unpaired) electrons. The molecule has 3 rings (SSSR count). The molecule has 3 N–H and O–H groups in total. The first-order valence-electron chi connectivity index (χ1n) is 9.35. The van der Waals surface area contributed by atoms with E-state index in [1.807, 2.05) is 30.3 Å². The number of hydrazine groups is 1. The SMILES string of the molecule is O=C(CCc1ccccc1)NNC(=O)c1cccc(S(=O)(=O)Nc2ccc(Cl)cc2)c1. The van der Waals surface area contributed by atoms with Gasteiger partial charge in [0.05, 0.1) is 4.90 Å². The van der Waals surface area contributed by atoms with Crippen molar-refractivity contribution in [3.8, 4) is 0 Å². The number of anilines is 1. The van der Waals surface area contributed by atoms with E-state index in [2.05, 4.69) is 15.6 Å². The Bertz CT molecular complexity index is 1170. The quantitative estimate of drug-likeness (QED) is 0.472. The summed E-state index contributed by atoms with van der Waals surface area (Å²) in [6, 6.07) is 21.2. The zero-order chi connectivity index (χ0) is 22.3. The summed E-state index contributed by atoms with van der Waals surface area (Å²) >= 11 is 5.81. The van der Waals surface area contributed by atoms with E-state index in [1.54, 1.807) is 12.1 Å². The molecule has 0 aromatic heterocycles. The summed E-state index contributed by atoms with van der Waals surface area (Å²) in [6.45, 7) is 0. The van der Waals surface area contributed by atoms with Crippen LogP contribution in [0.25, 0.3) is 0 Å². The molecule has 0 aliphatic rings. The molecular formula is C22H20ClN3O4S. The predicted octanol–water partition coefficient (Wildman–Crippen LogP) is 3.53. The van der Waals surface area contributed by atoms with Crippen LogP contribution in [0.1, 0.15) is 22.3 Å². The molecule has 160 valence electrons. The number of rotatable bonds is 7. The minimum Gasteiger partial charge on any atom is -0.280 e. The average molecular weight is 458 g/mol. The lowest BCUT2D eigenvalue weighted by atomic mass is 10.1. The highest BCUT2D eigenvalue weighted by molar-refractivity contribution is 7.92. The van der Waals surface area contributed by atoms with Crippen LogP contribution in [0.4, 0.5) is 5.69 Å². The van der Waals surface area contributed by atoms with Gasteiger partial charge in [0.15, 0.2) is 0 Å². The third-order valence-corrected chi connectivity index (χ3v) is 5.93. The van der Waals surface area contributed by atoms with E-state index in [-0.39, 0.29) is 22.8 Å². The summed E-state index contributed by atoms with van der Waals surface area (Å²) in [6.07, 6.45) is 0.733. The molecular weight excluding hydrogens is 438 g/mol. The lowest BCUT2D eigenvalue weighted by Gasteiger charge is -2.10. The molecule has 9 heteroatoms. The van der Waals surface area contributed by atoms with Crippen LogP contribution in [-0.2, 0) is 21.2 Å². The van der Waals surface area contributed by atoms with Crippen molar-refractivity contribution in [2.24, 2.45) is 0 Å². The number of benzene rings is 3. The van der Waals surface area contributed by atoms with E-state index in [0.717, 1.165) is 5.56 Å². The Morgan fingerprint density at radius 3 is 2.26 bits per heavy atom. The molecule has 3 aromatic carbocycles. The Morgan fingerprint density at radius 1 is 0.839 bits per heavy atom. The van der Waals surface area contributed by atoms with Gasteiger partial charge in [-0.2, -0.15) is 0 Å². The third kappa shape index (κ3) is 6.56. The van der Waals surface area contributed by atoms with E-state index in [0.29, 0.717) is 17.1 Å². The van der Waals surface area contributed by atoms with Gasteiger partial charge in [-0.3, -0.25) is 25.2 Å². The minimum atomic E-state index is -3.91. The fourth-order valence-corrected chi connectivity index (χ4v) is 3.93. The van der Waals surface area contributed by atoms with Crippen LogP contribution in [0.2, 0.25) is 5.02 Å². The van der Waals surface area contributed by atoms with Crippen molar-refractivity contribution < 1.29 is 18.0 Å². The minimum absolute atomic E-state index is 0.0855. The van der Waals surface area contributed by atoms with Crippen LogP contribution in [-0.4, -0.2) is 20.2 Å². The molecule has 0 unspecified atom stereocenters. The van der Waals surface area contributed by atoms with Gasteiger partial charge in [-0.05, 0) is 54.4 Å². The normalized spacial score (nSPS) is 10.9. The van der Waals surface area contributed by atoms with E-state index < -0.39 is 15.9 Å². The molecule has 0 saturated heterocycles. The molecule has 2 amide bonds. The number of amides is 2. The Labute approximate surface area is 185 Å². The van der Waals surface area contributed by atoms with Crippen LogP contribution in [0.5, 0.6) is 0 Å². The van der Waals surface area contributed by atoms with E-state index in [1.165, 1.54) is 36.4 Å². The smallest absolute Gasteiger partial charge is 0.269 e. The van der Waals surface area contributed by atoms with Gasteiger partial charge in [0.1, 0.15) is 0 Å². The number of halogens is 1. The molecule has 0 aliphatic heterocycles. The first-order chi connectivity index (χ1) is 14.8. The summed E-state index contributed by atoms with van der Waals surface area (Å²) in [5, 5.41) is 0.479. The summed E-state index contributed by atoms with van der Waals surface area (Å²) in [4.78, 5) is 24.2. The van der Waals surface area contributed by atoms with Gasteiger partial charge in [0.2, 0.25) is 5.91 Å². The summed E-state index contributed by atoms with van der Waals surface area (Å²) in [7, 11) is -3.91. The number of nitrogens with one attached hydrogen (secondary N) is 3. The predicted molar refractivity (Wildman–Crippen MR) is 119 cm³/mol. The Balaban J connectivity index is 1.59. The lowest BCUT2D eigenvalue weighted by Crippen LogP contribution is -2.41. The van der Waals surface area contributed by atoms with Gasteiger partial charge in [-0.15, -0.1) is 0 Å². The Hall–Kier alpha value is -3.36. The van der Waals surface area contributed by atoms with Crippen molar-refractivity contribution in [1.82, 2.24) is 10.9 Å². The molecule has 31 heavy (non-hydrogen) atoms. The van der Waals surface area contributed by atoms with Crippen molar-refractivity contribution in [2.75, 3.05) is 4.72 Å². The maximum absolute atomic E-state index is 12.6. The van der Waals surface area contributed by atoms with Crippen LogP contribution < -0.4 is 15.6 Å². The second-order valence-corrected chi connectivity index (χ2v) is 8.75. The zero-order valence-electron chi connectivity index (χ0n) is 16.3. The fourth-order valence-electron chi connectivity index (χ4n) is 2.70. The highest BCUT2D eigenvalue weighted by Crippen LogP contribution is 2.19. The largest absolute Gasteiger partial charge is 0.280 e. The van der Waals surface area contributed by atoms with Crippen LogP contribution in [0, 0.1) is 0 Å². The first-order valence-corrected chi connectivity index (χ1v) is 11.2. The van der Waals surface area contributed by atoms with E-state index in [4.69, 9.17) is 11.6 Å². The molecule has 0 spiro atoms. The molecule has 0 aliphatic carbocycles. The monoisotopic (exact) mass is 457 g/mol. The Morgan fingerprint density at radius 2 is 1.55 bits per heavy atom. The summed E-state index contributed by atoms with van der Waals surface area (Å²) < 4.78 is 27.6. The van der Waals surface area contributed by atoms with Crippen molar-refractivity contribution in [3.05, 3.63) is 95.0 Å². The fraction of sp³-hybridized carbons (Fsp3) is 0.0909. The highest BCUT2D eigenvalue weighted by Gasteiger charge is 2.17. The van der Waals surface area contributed by atoms with Gasteiger partial charge in [-0.1, -0.05) is 48.0 Å². The summed E-state index contributed by atoms with van der Waals surface area (Å²) in [5.41, 5.74) is 6.07. The van der Waals surface area contributed by atoms with Gasteiger partial charge in [-0.25, -0.2) is 8.42 Å². The van der Waals surface area contributed by atoms with Crippen molar-refractivity contribution in [1.29, 1.82) is 0 Å². The van der Waals surface area contributed by atoms with Crippen LogP contribution in [0.15, 0.2) is 83.8 Å². The number of hydrogen-bond donors (Lipinski definition) is 3. The average Bonchev–Trinajstić information content (AvgIpc) is 2.78. The highest BCUT2D eigenvalue weighted by atomic mass is 35.5. The molecule has 7 nitrogen and oxygen atoms in total. The topological polar surface area (TPSA) is 104 Å². The van der Waals surface area contributed by atoms with Crippen molar-refractivity contribution in [3.63, 3.8) is 0 Å². The second-order valence-electron chi connectivity index (χ2n) is 6.63. The maximum atomic E-state index is 12.6. The zero-order valence-corrected chi connectivity index (χ0v) is 17.9. The second kappa shape index (κ2) is 10.1. The van der Waals surface area contributed by atoms with Crippen molar-refractivity contribution in [2.45, 2.75) is 17.7 Å². The number of carbonyl (C=O) groups excluding carboxylic acids is 2. The van der Waals surface area contributed by atoms with E-state index in [9.17, 15) is 18.0 Å². The number of carbonyl (C=O) groups is 2. The number of sulfonamides is 1. The van der Waals surface area contributed by atoms with Gasteiger partial charge in [0.25, 0.3) is 15.9 Å². The molecule has 0 bridgehead atoms. The van der Waals surface area contributed by atoms with Crippen LogP contribution in [0.3, 0.4) is 0 Å².